The first-order valence-electron chi connectivity index (χ1n) is 4.79. The molecule has 2 unspecified atom stereocenters. The molecule has 0 heterocycles. The zero-order valence-corrected chi connectivity index (χ0v) is 7.70. The van der Waals surface area contributed by atoms with E-state index in [2.05, 4.69) is 6.92 Å². The van der Waals surface area contributed by atoms with E-state index >= 15 is 0 Å². The van der Waals surface area contributed by atoms with Crippen LogP contribution < -0.4 is 0 Å². The molecule has 1 fully saturated rings. The van der Waals surface area contributed by atoms with Crippen LogP contribution in [0.4, 0.5) is 4.39 Å². The molecule has 0 saturated heterocycles. The molecule has 1 rings (SSSR count). The Morgan fingerprint density at radius 2 is 1.91 bits per heavy atom. The summed E-state index contributed by atoms with van der Waals surface area (Å²) < 4.78 is 13.5. The molecule has 2 atom stereocenters. The lowest BCUT2D eigenvalue weighted by atomic mass is 9.85. The molecule has 0 aromatic rings. The van der Waals surface area contributed by atoms with Gasteiger partial charge in [-0.2, -0.15) is 0 Å². The van der Waals surface area contributed by atoms with E-state index in [1.165, 1.54) is 12.8 Å². The van der Waals surface area contributed by atoms with Gasteiger partial charge in [0.2, 0.25) is 0 Å². The number of hydrogen-bond donors (Lipinski definition) is 0. The second-order valence-corrected chi connectivity index (χ2v) is 4.30. The van der Waals surface area contributed by atoms with Crippen LogP contribution in [0.5, 0.6) is 0 Å². The van der Waals surface area contributed by atoms with Gasteiger partial charge in [-0.15, -0.1) is 0 Å². The van der Waals surface area contributed by atoms with E-state index in [-0.39, 0.29) is 0 Å². The van der Waals surface area contributed by atoms with Crippen LogP contribution in [0, 0.1) is 5.92 Å². The minimum absolute atomic E-state index is 0.741. The Morgan fingerprint density at radius 3 is 2.64 bits per heavy atom. The highest BCUT2D eigenvalue weighted by molar-refractivity contribution is 4.76. The van der Waals surface area contributed by atoms with Crippen LogP contribution in [-0.4, -0.2) is 5.67 Å². The van der Waals surface area contributed by atoms with Gasteiger partial charge in [0.15, 0.2) is 0 Å². The topological polar surface area (TPSA) is 0 Å². The van der Waals surface area contributed by atoms with Crippen LogP contribution in [0.3, 0.4) is 0 Å². The molecular weight excluding hydrogens is 139 g/mol. The van der Waals surface area contributed by atoms with Crippen LogP contribution in [0.1, 0.15) is 52.4 Å². The van der Waals surface area contributed by atoms with Crippen molar-refractivity contribution in [3.8, 4) is 0 Å². The standard InChI is InChI=1S/C10H19F/c1-9-5-3-4-7-10(2,11)8-6-9/h9H,3-8H2,1-2H3. The maximum atomic E-state index is 13.5. The van der Waals surface area contributed by atoms with Gasteiger partial charge in [0, 0.05) is 0 Å². The fourth-order valence-electron chi connectivity index (χ4n) is 1.80. The fraction of sp³-hybridized carbons (Fsp3) is 1.00. The van der Waals surface area contributed by atoms with Gasteiger partial charge in [-0.05, 0) is 32.1 Å². The van der Waals surface area contributed by atoms with Gasteiger partial charge in [-0.1, -0.05) is 26.2 Å². The van der Waals surface area contributed by atoms with E-state index in [9.17, 15) is 4.39 Å². The number of hydrogen-bond acceptors (Lipinski definition) is 0. The van der Waals surface area contributed by atoms with Crippen LogP contribution in [0.25, 0.3) is 0 Å². The Balaban J connectivity index is 2.38. The third-order valence-corrected chi connectivity index (χ3v) is 2.80. The average Bonchev–Trinajstić information content (AvgIpc) is 1.92. The Labute approximate surface area is 69.2 Å². The molecule has 0 bridgehead atoms. The van der Waals surface area contributed by atoms with E-state index in [0.717, 1.165) is 31.6 Å². The summed E-state index contributed by atoms with van der Waals surface area (Å²) in [5.41, 5.74) is -0.866. The van der Waals surface area contributed by atoms with Gasteiger partial charge in [0.25, 0.3) is 0 Å². The van der Waals surface area contributed by atoms with Crippen LogP contribution in [0.2, 0.25) is 0 Å². The van der Waals surface area contributed by atoms with Crippen molar-refractivity contribution >= 4 is 0 Å². The van der Waals surface area contributed by atoms with Gasteiger partial charge >= 0.3 is 0 Å². The highest BCUT2D eigenvalue weighted by Gasteiger charge is 2.24. The second kappa shape index (κ2) is 3.55. The van der Waals surface area contributed by atoms with Gasteiger partial charge in [-0.3, -0.25) is 0 Å². The molecule has 0 radical (unpaired) electrons. The Kier molecular flexibility index (Phi) is 2.91. The van der Waals surface area contributed by atoms with Crippen molar-refractivity contribution in [2.75, 3.05) is 0 Å². The molecule has 0 N–H and O–H groups in total. The number of rotatable bonds is 0. The Hall–Kier alpha value is -0.0700. The Bertz CT molecular complexity index is 118. The van der Waals surface area contributed by atoms with E-state index in [0.29, 0.717) is 0 Å². The molecule has 0 nitrogen and oxygen atoms in total. The summed E-state index contributed by atoms with van der Waals surface area (Å²) in [6.45, 7) is 3.99. The smallest absolute Gasteiger partial charge is 0.108 e. The molecule has 66 valence electrons. The summed E-state index contributed by atoms with van der Waals surface area (Å²) in [6, 6.07) is 0. The minimum Gasteiger partial charge on any atom is -0.244 e. The van der Waals surface area contributed by atoms with Crippen LogP contribution >= 0.6 is 0 Å². The maximum Gasteiger partial charge on any atom is 0.108 e. The third-order valence-electron chi connectivity index (χ3n) is 2.80. The summed E-state index contributed by atoms with van der Waals surface area (Å²) in [7, 11) is 0. The summed E-state index contributed by atoms with van der Waals surface area (Å²) in [5.74, 6) is 0.741. The van der Waals surface area contributed by atoms with E-state index in [4.69, 9.17) is 0 Å². The maximum absolute atomic E-state index is 13.5. The van der Waals surface area contributed by atoms with E-state index in [1.807, 2.05) is 0 Å². The van der Waals surface area contributed by atoms with Crippen LogP contribution in [0.15, 0.2) is 0 Å². The lowest BCUT2D eigenvalue weighted by Gasteiger charge is -2.25. The number of alkyl halides is 1. The highest BCUT2D eigenvalue weighted by atomic mass is 19.1. The van der Waals surface area contributed by atoms with Crippen molar-refractivity contribution in [2.45, 2.75) is 58.0 Å². The molecule has 1 saturated carbocycles. The van der Waals surface area contributed by atoms with Crippen LogP contribution in [-0.2, 0) is 0 Å². The lowest BCUT2D eigenvalue weighted by molar-refractivity contribution is 0.133. The minimum atomic E-state index is -0.866. The fourth-order valence-corrected chi connectivity index (χ4v) is 1.80. The summed E-state index contributed by atoms with van der Waals surface area (Å²) in [4.78, 5) is 0. The average molecular weight is 158 g/mol. The monoisotopic (exact) mass is 158 g/mol. The van der Waals surface area contributed by atoms with E-state index in [1.54, 1.807) is 6.92 Å². The summed E-state index contributed by atoms with van der Waals surface area (Å²) in [5, 5.41) is 0. The molecule has 1 aliphatic rings. The first-order valence-corrected chi connectivity index (χ1v) is 4.79. The van der Waals surface area contributed by atoms with Crippen molar-refractivity contribution < 1.29 is 4.39 Å². The second-order valence-electron chi connectivity index (χ2n) is 4.30. The molecule has 0 amide bonds. The molecular formula is C10H19F. The lowest BCUT2D eigenvalue weighted by Crippen LogP contribution is -2.20. The zero-order chi connectivity index (χ0) is 8.32. The van der Waals surface area contributed by atoms with Gasteiger partial charge in [0.05, 0.1) is 0 Å². The molecule has 0 aliphatic heterocycles. The first kappa shape index (κ1) is 9.02. The van der Waals surface area contributed by atoms with Crippen molar-refractivity contribution in [3.63, 3.8) is 0 Å². The van der Waals surface area contributed by atoms with E-state index < -0.39 is 5.67 Å². The van der Waals surface area contributed by atoms with Crippen molar-refractivity contribution in [3.05, 3.63) is 0 Å². The van der Waals surface area contributed by atoms with Crippen molar-refractivity contribution in [1.29, 1.82) is 0 Å². The molecule has 0 aromatic carbocycles. The largest absolute Gasteiger partial charge is 0.244 e. The van der Waals surface area contributed by atoms with Gasteiger partial charge < -0.3 is 0 Å². The first-order chi connectivity index (χ1) is 5.10. The highest BCUT2D eigenvalue weighted by Crippen LogP contribution is 2.31. The summed E-state index contributed by atoms with van der Waals surface area (Å²) >= 11 is 0. The van der Waals surface area contributed by atoms with Gasteiger partial charge in [0.1, 0.15) is 5.67 Å². The SMILES string of the molecule is CC1CCCCC(C)(F)CC1. The zero-order valence-electron chi connectivity index (χ0n) is 7.70. The van der Waals surface area contributed by atoms with Crippen molar-refractivity contribution in [1.82, 2.24) is 0 Å². The van der Waals surface area contributed by atoms with Gasteiger partial charge in [-0.25, -0.2) is 4.39 Å². The Morgan fingerprint density at radius 1 is 1.18 bits per heavy atom. The summed E-state index contributed by atoms with van der Waals surface area (Å²) in [6.07, 6.45) is 6.23. The predicted molar refractivity (Wildman–Crippen MR) is 46.4 cm³/mol. The molecule has 1 heteroatoms. The molecule has 11 heavy (non-hydrogen) atoms. The van der Waals surface area contributed by atoms with Crippen molar-refractivity contribution in [2.24, 2.45) is 5.92 Å². The predicted octanol–water partition coefficient (Wildman–Crippen LogP) is 3.70. The molecule has 0 spiro atoms. The third kappa shape index (κ3) is 3.22. The quantitative estimate of drug-likeness (QED) is 0.504. The normalized spacial score (nSPS) is 41.2. The molecule has 1 aliphatic carbocycles. The number of halogens is 1. The molecule has 0 aromatic heterocycles.